The zero-order valence-corrected chi connectivity index (χ0v) is 11.2. The van der Waals surface area contributed by atoms with Crippen LogP contribution in [0.1, 0.15) is 5.56 Å². The first-order valence-electron chi connectivity index (χ1n) is 4.91. The molecule has 2 rings (SSSR count). The van der Waals surface area contributed by atoms with E-state index in [1.165, 1.54) is 4.57 Å². The van der Waals surface area contributed by atoms with E-state index in [1.54, 1.807) is 18.2 Å². The van der Waals surface area contributed by atoms with Gasteiger partial charge < -0.3 is 0 Å². The molecule has 0 saturated carbocycles. The Labute approximate surface area is 117 Å². The van der Waals surface area contributed by atoms with Gasteiger partial charge in [0.1, 0.15) is 5.15 Å². The van der Waals surface area contributed by atoms with E-state index >= 15 is 0 Å². The van der Waals surface area contributed by atoms with E-state index in [2.05, 4.69) is 4.98 Å². The van der Waals surface area contributed by atoms with E-state index in [0.29, 0.717) is 15.6 Å². The maximum absolute atomic E-state index is 11.6. The Kier molecular flexibility index (Phi) is 3.80. The van der Waals surface area contributed by atoms with Crippen molar-refractivity contribution >= 4 is 34.8 Å². The lowest BCUT2D eigenvalue weighted by Gasteiger charge is -2.09. The van der Waals surface area contributed by atoms with Crippen LogP contribution in [0.5, 0.6) is 0 Å². The lowest BCUT2D eigenvalue weighted by Crippen LogP contribution is -2.30. The summed E-state index contributed by atoms with van der Waals surface area (Å²) in [6.45, 7) is 0.133. The molecule has 2 aromatic rings. The number of aromatic nitrogens is 2. The fourth-order valence-corrected chi connectivity index (χ4v) is 2.08. The van der Waals surface area contributed by atoms with E-state index < -0.39 is 11.2 Å². The number of aromatic amines is 1. The molecule has 0 aliphatic carbocycles. The van der Waals surface area contributed by atoms with Crippen molar-refractivity contribution in [1.82, 2.24) is 9.55 Å². The highest BCUT2D eigenvalue weighted by atomic mass is 35.5. The molecule has 0 fully saturated rings. The van der Waals surface area contributed by atoms with Gasteiger partial charge in [-0.15, -0.1) is 0 Å². The molecule has 1 aromatic heterocycles. The minimum absolute atomic E-state index is 0.0415. The van der Waals surface area contributed by atoms with Crippen molar-refractivity contribution in [2.75, 3.05) is 0 Å². The number of halogens is 3. The van der Waals surface area contributed by atoms with Gasteiger partial charge in [-0.3, -0.25) is 14.3 Å². The SMILES string of the molecule is O=c1cc(Cl)n(Cc2cc(Cl)ccc2Cl)c(=O)[nH]1. The molecule has 94 valence electrons. The van der Waals surface area contributed by atoms with Gasteiger partial charge in [0, 0.05) is 16.1 Å². The molecule has 0 bridgehead atoms. The smallest absolute Gasteiger partial charge is 0.279 e. The largest absolute Gasteiger partial charge is 0.329 e. The van der Waals surface area contributed by atoms with Crippen molar-refractivity contribution in [3.8, 4) is 0 Å². The van der Waals surface area contributed by atoms with Crippen molar-refractivity contribution in [3.05, 3.63) is 65.9 Å². The third-order valence-electron chi connectivity index (χ3n) is 2.32. The van der Waals surface area contributed by atoms with Gasteiger partial charge in [0.25, 0.3) is 5.56 Å². The molecule has 18 heavy (non-hydrogen) atoms. The molecule has 0 atom stereocenters. The summed E-state index contributed by atoms with van der Waals surface area (Å²) in [5.41, 5.74) is -0.498. The van der Waals surface area contributed by atoms with E-state index in [0.717, 1.165) is 6.07 Å². The maximum atomic E-state index is 11.6. The number of rotatable bonds is 2. The summed E-state index contributed by atoms with van der Waals surface area (Å²) >= 11 is 17.7. The molecule has 0 unspecified atom stereocenters. The minimum atomic E-state index is -0.594. The fraction of sp³-hybridized carbons (Fsp3) is 0.0909. The number of hydrogen-bond donors (Lipinski definition) is 1. The molecule has 1 heterocycles. The molecule has 0 aliphatic rings. The Morgan fingerprint density at radius 1 is 1.11 bits per heavy atom. The summed E-state index contributed by atoms with van der Waals surface area (Å²) in [4.78, 5) is 24.8. The van der Waals surface area contributed by atoms with Gasteiger partial charge in [0.05, 0.1) is 6.54 Å². The topological polar surface area (TPSA) is 54.9 Å². The number of H-pyrrole nitrogens is 1. The van der Waals surface area contributed by atoms with Crippen LogP contribution < -0.4 is 11.2 Å². The van der Waals surface area contributed by atoms with Gasteiger partial charge in [0.15, 0.2) is 0 Å². The molecule has 1 aromatic carbocycles. The van der Waals surface area contributed by atoms with Crippen molar-refractivity contribution in [3.63, 3.8) is 0 Å². The number of nitrogens with zero attached hydrogens (tertiary/aromatic N) is 1. The first kappa shape index (κ1) is 13.2. The quantitative estimate of drug-likeness (QED) is 0.867. The second kappa shape index (κ2) is 5.18. The third-order valence-corrected chi connectivity index (χ3v) is 3.24. The van der Waals surface area contributed by atoms with Gasteiger partial charge in [-0.25, -0.2) is 4.79 Å². The monoisotopic (exact) mass is 304 g/mol. The summed E-state index contributed by atoms with van der Waals surface area (Å²) in [6, 6.07) is 6.04. The molecular formula is C11H7Cl3N2O2. The highest BCUT2D eigenvalue weighted by Crippen LogP contribution is 2.21. The van der Waals surface area contributed by atoms with Crippen molar-refractivity contribution in [2.45, 2.75) is 6.54 Å². The van der Waals surface area contributed by atoms with Crippen LogP contribution in [0.15, 0.2) is 33.9 Å². The number of hydrogen-bond acceptors (Lipinski definition) is 2. The van der Waals surface area contributed by atoms with Crippen LogP contribution in [0.4, 0.5) is 0 Å². The highest BCUT2D eigenvalue weighted by Gasteiger charge is 2.08. The summed E-state index contributed by atoms with van der Waals surface area (Å²) in [5.74, 6) is 0. The lowest BCUT2D eigenvalue weighted by molar-refractivity contribution is 0.722. The van der Waals surface area contributed by atoms with E-state index in [-0.39, 0.29) is 11.7 Å². The molecule has 4 nitrogen and oxygen atoms in total. The Bertz CT molecular complexity index is 706. The summed E-state index contributed by atoms with van der Waals surface area (Å²) in [6.07, 6.45) is 0. The van der Waals surface area contributed by atoms with Crippen LogP contribution in [0.2, 0.25) is 15.2 Å². The van der Waals surface area contributed by atoms with E-state index in [9.17, 15) is 9.59 Å². The van der Waals surface area contributed by atoms with Gasteiger partial charge >= 0.3 is 5.69 Å². The molecule has 0 radical (unpaired) electrons. The minimum Gasteiger partial charge on any atom is -0.279 e. The van der Waals surface area contributed by atoms with Crippen molar-refractivity contribution in [1.29, 1.82) is 0 Å². The number of benzene rings is 1. The second-order valence-electron chi connectivity index (χ2n) is 3.58. The van der Waals surface area contributed by atoms with Crippen molar-refractivity contribution < 1.29 is 0 Å². The van der Waals surface area contributed by atoms with Crippen LogP contribution in [0, 0.1) is 0 Å². The standard InChI is InChI=1S/C11H7Cl3N2O2/c12-7-1-2-8(13)6(3-7)5-16-9(14)4-10(17)15-11(16)18/h1-4H,5H2,(H,15,17,18). The Hall–Kier alpha value is -1.23. The number of nitrogens with one attached hydrogen (secondary N) is 1. The first-order valence-corrected chi connectivity index (χ1v) is 6.04. The summed E-state index contributed by atoms with van der Waals surface area (Å²) in [5, 5.41) is 1.01. The fourth-order valence-electron chi connectivity index (χ4n) is 1.47. The molecule has 1 N–H and O–H groups in total. The van der Waals surface area contributed by atoms with Crippen LogP contribution in [-0.4, -0.2) is 9.55 Å². The van der Waals surface area contributed by atoms with Crippen LogP contribution in [0.3, 0.4) is 0 Å². The van der Waals surface area contributed by atoms with Crippen LogP contribution in [-0.2, 0) is 6.54 Å². The predicted octanol–water partition coefficient (Wildman–Crippen LogP) is 2.55. The van der Waals surface area contributed by atoms with E-state index in [4.69, 9.17) is 34.8 Å². The average molecular weight is 306 g/mol. The van der Waals surface area contributed by atoms with Crippen LogP contribution >= 0.6 is 34.8 Å². The zero-order valence-electron chi connectivity index (χ0n) is 8.91. The van der Waals surface area contributed by atoms with Gasteiger partial charge in [-0.1, -0.05) is 34.8 Å². The summed E-state index contributed by atoms with van der Waals surface area (Å²) in [7, 11) is 0. The predicted molar refractivity (Wildman–Crippen MR) is 71.9 cm³/mol. The Balaban J connectivity index is 2.49. The molecule has 0 saturated heterocycles. The Morgan fingerprint density at radius 3 is 2.50 bits per heavy atom. The maximum Gasteiger partial charge on any atom is 0.329 e. The van der Waals surface area contributed by atoms with Gasteiger partial charge in [-0.05, 0) is 23.8 Å². The highest BCUT2D eigenvalue weighted by molar-refractivity contribution is 6.33. The molecule has 7 heteroatoms. The zero-order chi connectivity index (χ0) is 13.3. The van der Waals surface area contributed by atoms with Crippen molar-refractivity contribution in [2.24, 2.45) is 0 Å². The normalized spacial score (nSPS) is 10.6. The third kappa shape index (κ3) is 2.77. The van der Waals surface area contributed by atoms with Gasteiger partial charge in [0.2, 0.25) is 0 Å². The molecule has 0 spiro atoms. The average Bonchev–Trinajstić information content (AvgIpc) is 2.28. The molecule has 0 aliphatic heterocycles. The Morgan fingerprint density at radius 2 is 1.83 bits per heavy atom. The molecule has 0 amide bonds. The van der Waals surface area contributed by atoms with Crippen LogP contribution in [0.25, 0.3) is 0 Å². The lowest BCUT2D eigenvalue weighted by atomic mass is 10.2. The summed E-state index contributed by atoms with van der Waals surface area (Å²) < 4.78 is 1.19. The second-order valence-corrected chi connectivity index (χ2v) is 4.81. The van der Waals surface area contributed by atoms with E-state index in [1.807, 2.05) is 0 Å². The first-order chi connectivity index (χ1) is 8.47. The van der Waals surface area contributed by atoms with Gasteiger partial charge in [-0.2, -0.15) is 0 Å². The molecular weight excluding hydrogens is 298 g/mol.